The third kappa shape index (κ3) is 6.23. The largest absolute Gasteiger partial charge is 0.481 e. The van der Waals surface area contributed by atoms with E-state index >= 15 is 0 Å². The number of carbonyl (C=O) groups excluding carboxylic acids is 1. The van der Waals surface area contributed by atoms with Crippen LogP contribution in [0.15, 0.2) is 0 Å². The second-order valence-corrected chi connectivity index (χ2v) is 6.29. The van der Waals surface area contributed by atoms with Crippen molar-refractivity contribution in [2.75, 3.05) is 19.8 Å². The first-order valence-corrected chi connectivity index (χ1v) is 7.16. The van der Waals surface area contributed by atoms with E-state index in [2.05, 4.69) is 10.6 Å². The summed E-state index contributed by atoms with van der Waals surface area (Å²) in [5.41, 5.74) is -0.315. The van der Waals surface area contributed by atoms with Crippen molar-refractivity contribution in [1.82, 2.24) is 10.6 Å². The topological polar surface area (TPSA) is 87.7 Å². The Hall–Kier alpha value is -1.30. The van der Waals surface area contributed by atoms with E-state index in [0.717, 1.165) is 12.8 Å². The Kier molecular flexibility index (Phi) is 6.26. The standard InChI is InChI=1S/C14H26N2O4/c1-10(2)6-11(7-12(17)18)8-15-13(19)16-14(3)4-5-20-9-14/h10-11H,4-9H2,1-3H3,(H,17,18)(H2,15,16,19). The molecule has 1 aliphatic rings. The third-order valence-corrected chi connectivity index (χ3v) is 3.45. The zero-order valence-corrected chi connectivity index (χ0v) is 12.6. The second-order valence-electron chi connectivity index (χ2n) is 6.29. The molecular weight excluding hydrogens is 260 g/mol. The van der Waals surface area contributed by atoms with Gasteiger partial charge in [-0.3, -0.25) is 4.79 Å². The zero-order chi connectivity index (χ0) is 15.2. The SMILES string of the molecule is CC(C)CC(CNC(=O)NC1(C)CCOC1)CC(=O)O. The number of nitrogens with one attached hydrogen (secondary N) is 2. The number of carboxylic acids is 1. The molecule has 2 amide bonds. The molecule has 1 rings (SSSR count). The normalized spacial score (nSPS) is 23.6. The number of aliphatic carboxylic acids is 1. The van der Waals surface area contributed by atoms with E-state index in [1.54, 1.807) is 0 Å². The van der Waals surface area contributed by atoms with Gasteiger partial charge in [-0.15, -0.1) is 0 Å². The molecule has 2 unspecified atom stereocenters. The van der Waals surface area contributed by atoms with Crippen LogP contribution >= 0.6 is 0 Å². The Balaban J connectivity index is 2.37. The van der Waals surface area contributed by atoms with Crippen molar-refractivity contribution >= 4 is 12.0 Å². The van der Waals surface area contributed by atoms with Gasteiger partial charge in [-0.05, 0) is 31.6 Å². The summed E-state index contributed by atoms with van der Waals surface area (Å²) >= 11 is 0. The van der Waals surface area contributed by atoms with E-state index in [-0.39, 0.29) is 23.9 Å². The number of hydrogen-bond acceptors (Lipinski definition) is 3. The summed E-state index contributed by atoms with van der Waals surface area (Å²) in [7, 11) is 0. The average Bonchev–Trinajstić information content (AvgIpc) is 2.71. The molecule has 0 saturated carbocycles. The lowest BCUT2D eigenvalue weighted by Gasteiger charge is -2.25. The minimum atomic E-state index is -0.825. The van der Waals surface area contributed by atoms with Crippen molar-refractivity contribution in [1.29, 1.82) is 0 Å². The monoisotopic (exact) mass is 286 g/mol. The highest BCUT2D eigenvalue weighted by Crippen LogP contribution is 2.17. The minimum Gasteiger partial charge on any atom is -0.481 e. The van der Waals surface area contributed by atoms with Crippen LogP contribution in [0.25, 0.3) is 0 Å². The molecule has 0 radical (unpaired) electrons. The Morgan fingerprint density at radius 3 is 2.60 bits per heavy atom. The molecule has 3 N–H and O–H groups in total. The van der Waals surface area contributed by atoms with Crippen LogP contribution in [0.4, 0.5) is 4.79 Å². The molecule has 0 aromatic carbocycles. The van der Waals surface area contributed by atoms with Gasteiger partial charge in [-0.25, -0.2) is 4.79 Å². The van der Waals surface area contributed by atoms with E-state index in [4.69, 9.17) is 9.84 Å². The number of carbonyl (C=O) groups is 2. The van der Waals surface area contributed by atoms with Crippen LogP contribution in [0.1, 0.15) is 40.0 Å². The first-order valence-electron chi connectivity index (χ1n) is 7.16. The van der Waals surface area contributed by atoms with Crippen LogP contribution in [0.2, 0.25) is 0 Å². The molecule has 1 saturated heterocycles. The maximum Gasteiger partial charge on any atom is 0.315 e. The molecular formula is C14H26N2O4. The fourth-order valence-corrected chi connectivity index (χ4v) is 2.47. The summed E-state index contributed by atoms with van der Waals surface area (Å²) in [6.07, 6.45) is 1.66. The van der Waals surface area contributed by atoms with Crippen LogP contribution in [0.3, 0.4) is 0 Å². The Morgan fingerprint density at radius 2 is 2.10 bits per heavy atom. The molecule has 6 heteroatoms. The van der Waals surface area contributed by atoms with Gasteiger partial charge in [-0.1, -0.05) is 13.8 Å². The lowest BCUT2D eigenvalue weighted by atomic mass is 9.94. The summed E-state index contributed by atoms with van der Waals surface area (Å²) in [6.45, 7) is 7.60. The molecule has 6 nitrogen and oxygen atoms in total. The number of rotatable bonds is 7. The van der Waals surface area contributed by atoms with Gasteiger partial charge in [0.15, 0.2) is 0 Å². The summed E-state index contributed by atoms with van der Waals surface area (Å²) in [4.78, 5) is 22.7. The summed E-state index contributed by atoms with van der Waals surface area (Å²) in [5.74, 6) is -0.454. The minimum absolute atomic E-state index is 0.0362. The highest BCUT2D eigenvalue weighted by atomic mass is 16.5. The molecule has 0 spiro atoms. The van der Waals surface area contributed by atoms with Gasteiger partial charge in [0, 0.05) is 19.6 Å². The van der Waals surface area contributed by atoms with E-state index in [1.165, 1.54) is 0 Å². The molecule has 0 bridgehead atoms. The Labute approximate surface area is 120 Å². The van der Waals surface area contributed by atoms with Crippen molar-refractivity contribution < 1.29 is 19.4 Å². The Bertz CT molecular complexity index is 338. The van der Waals surface area contributed by atoms with Gasteiger partial charge < -0.3 is 20.5 Å². The van der Waals surface area contributed by atoms with Crippen LogP contribution < -0.4 is 10.6 Å². The molecule has 0 aliphatic carbocycles. The lowest BCUT2D eigenvalue weighted by molar-refractivity contribution is -0.138. The quantitative estimate of drug-likeness (QED) is 0.663. The van der Waals surface area contributed by atoms with Gasteiger partial charge in [-0.2, -0.15) is 0 Å². The highest BCUT2D eigenvalue weighted by Gasteiger charge is 2.31. The fraction of sp³-hybridized carbons (Fsp3) is 0.857. The van der Waals surface area contributed by atoms with Gasteiger partial charge in [0.2, 0.25) is 0 Å². The predicted molar refractivity (Wildman–Crippen MR) is 75.6 cm³/mol. The lowest BCUT2D eigenvalue weighted by Crippen LogP contribution is -2.51. The fourth-order valence-electron chi connectivity index (χ4n) is 2.47. The molecule has 0 aromatic heterocycles. The van der Waals surface area contributed by atoms with Gasteiger partial charge in [0.05, 0.1) is 12.1 Å². The molecule has 1 aliphatic heterocycles. The summed E-state index contributed by atoms with van der Waals surface area (Å²) in [6, 6.07) is -0.253. The summed E-state index contributed by atoms with van der Waals surface area (Å²) in [5, 5.41) is 14.6. The summed E-state index contributed by atoms with van der Waals surface area (Å²) < 4.78 is 5.27. The number of amides is 2. The smallest absolute Gasteiger partial charge is 0.315 e. The maximum atomic E-state index is 11.9. The first kappa shape index (κ1) is 16.8. The van der Waals surface area contributed by atoms with Crippen molar-refractivity contribution in [2.24, 2.45) is 11.8 Å². The van der Waals surface area contributed by atoms with Crippen LogP contribution in [0, 0.1) is 11.8 Å². The van der Waals surface area contributed by atoms with Gasteiger partial charge >= 0.3 is 12.0 Å². The Morgan fingerprint density at radius 1 is 1.40 bits per heavy atom. The molecule has 1 fully saturated rings. The van der Waals surface area contributed by atoms with E-state index in [0.29, 0.717) is 25.7 Å². The molecule has 0 aromatic rings. The molecule has 20 heavy (non-hydrogen) atoms. The van der Waals surface area contributed by atoms with E-state index in [9.17, 15) is 9.59 Å². The first-order chi connectivity index (χ1) is 9.31. The second kappa shape index (κ2) is 7.47. The zero-order valence-electron chi connectivity index (χ0n) is 12.6. The van der Waals surface area contributed by atoms with Crippen LogP contribution in [-0.4, -0.2) is 42.4 Å². The van der Waals surface area contributed by atoms with Crippen LogP contribution in [-0.2, 0) is 9.53 Å². The maximum absolute atomic E-state index is 11.9. The van der Waals surface area contributed by atoms with Crippen molar-refractivity contribution in [3.63, 3.8) is 0 Å². The van der Waals surface area contributed by atoms with Crippen molar-refractivity contribution in [3.05, 3.63) is 0 Å². The number of urea groups is 1. The van der Waals surface area contributed by atoms with Crippen LogP contribution in [0.5, 0.6) is 0 Å². The molecule has 116 valence electrons. The molecule has 2 atom stereocenters. The third-order valence-electron chi connectivity index (χ3n) is 3.45. The van der Waals surface area contributed by atoms with Crippen molar-refractivity contribution in [2.45, 2.75) is 45.6 Å². The van der Waals surface area contributed by atoms with E-state index < -0.39 is 5.97 Å². The molecule has 1 heterocycles. The van der Waals surface area contributed by atoms with Gasteiger partial charge in [0.25, 0.3) is 0 Å². The van der Waals surface area contributed by atoms with Crippen molar-refractivity contribution in [3.8, 4) is 0 Å². The predicted octanol–water partition coefficient (Wildman–Crippen LogP) is 1.60. The number of carboxylic acid groups (broad SMARTS) is 1. The average molecular weight is 286 g/mol. The van der Waals surface area contributed by atoms with E-state index in [1.807, 2.05) is 20.8 Å². The highest BCUT2D eigenvalue weighted by molar-refractivity contribution is 5.75. The van der Waals surface area contributed by atoms with Gasteiger partial charge in [0.1, 0.15) is 0 Å². The number of ether oxygens (including phenoxy) is 1. The number of hydrogen-bond donors (Lipinski definition) is 3.